The fraction of sp³-hybridized carbons (Fsp3) is 0.385. The molecule has 1 aromatic carbocycles. The Hall–Kier alpha value is -1.84. The number of Topliss-reactive ketones (excluding diaryl/α,β-unsaturated/α-hetero) is 1. The summed E-state index contributed by atoms with van der Waals surface area (Å²) in [6.07, 6.45) is 0. The van der Waals surface area contributed by atoms with Crippen molar-refractivity contribution >= 4 is 12.3 Å². The summed E-state index contributed by atoms with van der Waals surface area (Å²) in [6.45, 7) is 5.94. The standard InChI is InChI=1S/C13H16O4/c1-13(2,3)12(15)8-16-10-4-6-11(7-5-10)17-9-14/h4-7,9H,8H2,1-3H3. The molecule has 17 heavy (non-hydrogen) atoms. The zero-order valence-electron chi connectivity index (χ0n) is 10.2. The van der Waals surface area contributed by atoms with Crippen LogP contribution in [0, 0.1) is 5.41 Å². The van der Waals surface area contributed by atoms with Crippen molar-refractivity contribution in [3.63, 3.8) is 0 Å². The van der Waals surface area contributed by atoms with Crippen LogP contribution in [-0.4, -0.2) is 18.9 Å². The molecule has 92 valence electrons. The van der Waals surface area contributed by atoms with Crippen LogP contribution in [0.3, 0.4) is 0 Å². The molecule has 0 aromatic heterocycles. The summed E-state index contributed by atoms with van der Waals surface area (Å²) in [6, 6.07) is 6.50. The van der Waals surface area contributed by atoms with Crippen LogP contribution >= 0.6 is 0 Å². The predicted molar refractivity (Wildman–Crippen MR) is 63.1 cm³/mol. The summed E-state index contributed by atoms with van der Waals surface area (Å²) in [4.78, 5) is 21.7. The highest BCUT2D eigenvalue weighted by Gasteiger charge is 2.21. The van der Waals surface area contributed by atoms with Gasteiger partial charge < -0.3 is 9.47 Å². The summed E-state index contributed by atoms with van der Waals surface area (Å²) in [5.74, 6) is 1.04. The van der Waals surface area contributed by atoms with Gasteiger partial charge in [-0.2, -0.15) is 0 Å². The van der Waals surface area contributed by atoms with Gasteiger partial charge in [-0.1, -0.05) is 20.8 Å². The first kappa shape index (κ1) is 13.2. The van der Waals surface area contributed by atoms with Crippen molar-refractivity contribution in [2.24, 2.45) is 5.41 Å². The van der Waals surface area contributed by atoms with E-state index in [0.29, 0.717) is 18.0 Å². The van der Waals surface area contributed by atoms with E-state index in [-0.39, 0.29) is 12.4 Å². The largest absolute Gasteiger partial charge is 0.486 e. The molecule has 0 saturated heterocycles. The molecule has 0 aliphatic carbocycles. The van der Waals surface area contributed by atoms with Crippen molar-refractivity contribution in [3.8, 4) is 11.5 Å². The zero-order valence-corrected chi connectivity index (χ0v) is 10.2. The summed E-state index contributed by atoms with van der Waals surface area (Å²) < 4.78 is 9.97. The fourth-order valence-corrected chi connectivity index (χ4v) is 1.04. The topological polar surface area (TPSA) is 52.6 Å². The second-order valence-electron chi connectivity index (χ2n) is 4.65. The Morgan fingerprint density at radius 1 is 1.18 bits per heavy atom. The van der Waals surface area contributed by atoms with E-state index >= 15 is 0 Å². The molecule has 0 aliphatic rings. The molecule has 4 heteroatoms. The number of rotatable bonds is 5. The number of carbonyl (C=O) groups is 2. The number of ether oxygens (including phenoxy) is 2. The molecule has 4 nitrogen and oxygen atoms in total. The molecule has 1 rings (SSSR count). The lowest BCUT2D eigenvalue weighted by atomic mass is 9.91. The van der Waals surface area contributed by atoms with Gasteiger partial charge in [0.05, 0.1) is 0 Å². The molecule has 0 bridgehead atoms. The first-order valence-corrected chi connectivity index (χ1v) is 5.30. The van der Waals surface area contributed by atoms with E-state index in [1.54, 1.807) is 24.3 Å². The second kappa shape index (κ2) is 5.48. The maximum absolute atomic E-state index is 11.6. The van der Waals surface area contributed by atoms with Gasteiger partial charge in [0.15, 0.2) is 5.78 Å². The molecule has 0 amide bonds. The minimum absolute atomic E-state index is 0.0331. The first-order valence-electron chi connectivity index (χ1n) is 5.30. The van der Waals surface area contributed by atoms with Gasteiger partial charge in [-0.05, 0) is 24.3 Å². The molecule has 0 N–H and O–H groups in total. The molecule has 0 fully saturated rings. The normalized spacial score (nSPS) is 10.8. The maximum atomic E-state index is 11.6. The lowest BCUT2D eigenvalue weighted by Gasteiger charge is -2.16. The van der Waals surface area contributed by atoms with E-state index in [0.717, 1.165) is 0 Å². The third-order valence-electron chi connectivity index (χ3n) is 2.21. The van der Waals surface area contributed by atoms with E-state index in [9.17, 15) is 9.59 Å². The van der Waals surface area contributed by atoms with Crippen LogP contribution in [-0.2, 0) is 9.59 Å². The van der Waals surface area contributed by atoms with Crippen molar-refractivity contribution in [3.05, 3.63) is 24.3 Å². The zero-order chi connectivity index (χ0) is 12.9. The highest BCUT2D eigenvalue weighted by atomic mass is 16.5. The average molecular weight is 236 g/mol. The van der Waals surface area contributed by atoms with Crippen LogP contribution < -0.4 is 9.47 Å². The third kappa shape index (κ3) is 4.26. The molecular formula is C13H16O4. The van der Waals surface area contributed by atoms with Crippen LogP contribution in [0.1, 0.15) is 20.8 Å². The fourth-order valence-electron chi connectivity index (χ4n) is 1.04. The van der Waals surface area contributed by atoms with E-state index in [4.69, 9.17) is 4.74 Å². The summed E-state index contributed by atoms with van der Waals surface area (Å²) in [5.41, 5.74) is -0.402. The van der Waals surface area contributed by atoms with Gasteiger partial charge in [0.1, 0.15) is 18.1 Å². The van der Waals surface area contributed by atoms with Gasteiger partial charge in [0, 0.05) is 5.41 Å². The van der Waals surface area contributed by atoms with Crippen LogP contribution in [0.5, 0.6) is 11.5 Å². The van der Waals surface area contributed by atoms with Gasteiger partial charge in [-0.15, -0.1) is 0 Å². The Morgan fingerprint density at radius 2 is 1.71 bits per heavy atom. The predicted octanol–water partition coefficient (Wildman–Crippen LogP) is 2.22. The highest BCUT2D eigenvalue weighted by Crippen LogP contribution is 2.19. The van der Waals surface area contributed by atoms with Crippen molar-refractivity contribution in [2.45, 2.75) is 20.8 Å². The maximum Gasteiger partial charge on any atom is 0.298 e. The Morgan fingerprint density at radius 3 is 2.18 bits per heavy atom. The molecular weight excluding hydrogens is 220 g/mol. The van der Waals surface area contributed by atoms with E-state index in [1.807, 2.05) is 20.8 Å². The second-order valence-corrected chi connectivity index (χ2v) is 4.65. The van der Waals surface area contributed by atoms with Gasteiger partial charge >= 0.3 is 0 Å². The van der Waals surface area contributed by atoms with Crippen LogP contribution in [0.15, 0.2) is 24.3 Å². The number of hydrogen-bond acceptors (Lipinski definition) is 4. The highest BCUT2D eigenvalue weighted by molar-refractivity contribution is 5.85. The Bertz CT molecular complexity index is 387. The number of ketones is 1. The summed E-state index contributed by atoms with van der Waals surface area (Å²) in [7, 11) is 0. The summed E-state index contributed by atoms with van der Waals surface area (Å²) >= 11 is 0. The minimum Gasteiger partial charge on any atom is -0.486 e. The summed E-state index contributed by atoms with van der Waals surface area (Å²) in [5, 5.41) is 0. The molecule has 0 radical (unpaired) electrons. The SMILES string of the molecule is CC(C)(C)C(=O)COc1ccc(OC=O)cc1. The molecule has 1 aromatic rings. The third-order valence-corrected chi connectivity index (χ3v) is 2.21. The smallest absolute Gasteiger partial charge is 0.298 e. The van der Waals surface area contributed by atoms with Gasteiger partial charge in [-0.25, -0.2) is 0 Å². The monoisotopic (exact) mass is 236 g/mol. The molecule has 0 spiro atoms. The van der Waals surface area contributed by atoms with E-state index in [1.165, 1.54) is 0 Å². The number of hydrogen-bond donors (Lipinski definition) is 0. The number of carbonyl (C=O) groups excluding carboxylic acids is 2. The van der Waals surface area contributed by atoms with Crippen molar-refractivity contribution < 1.29 is 19.1 Å². The van der Waals surface area contributed by atoms with Gasteiger partial charge in [-0.3, -0.25) is 9.59 Å². The lowest BCUT2D eigenvalue weighted by Crippen LogP contribution is -2.26. The Balaban J connectivity index is 2.53. The average Bonchev–Trinajstić information content (AvgIpc) is 2.27. The molecule has 0 unspecified atom stereocenters. The Kier molecular flexibility index (Phi) is 4.26. The van der Waals surface area contributed by atoms with Crippen LogP contribution in [0.4, 0.5) is 0 Å². The number of benzene rings is 1. The molecule has 0 saturated carbocycles. The van der Waals surface area contributed by atoms with Gasteiger partial charge in [0.2, 0.25) is 0 Å². The van der Waals surface area contributed by atoms with E-state index in [2.05, 4.69) is 4.74 Å². The molecule has 0 atom stereocenters. The lowest BCUT2D eigenvalue weighted by molar-refractivity contribution is -0.128. The molecule has 0 heterocycles. The molecule has 0 aliphatic heterocycles. The Labute approximate surface area is 101 Å². The van der Waals surface area contributed by atoms with Crippen molar-refractivity contribution in [1.82, 2.24) is 0 Å². The minimum atomic E-state index is -0.402. The van der Waals surface area contributed by atoms with Crippen LogP contribution in [0.25, 0.3) is 0 Å². The first-order chi connectivity index (χ1) is 7.93. The van der Waals surface area contributed by atoms with E-state index < -0.39 is 5.41 Å². The van der Waals surface area contributed by atoms with Crippen LogP contribution in [0.2, 0.25) is 0 Å². The quantitative estimate of drug-likeness (QED) is 0.735. The van der Waals surface area contributed by atoms with Crippen molar-refractivity contribution in [2.75, 3.05) is 6.61 Å². The van der Waals surface area contributed by atoms with Gasteiger partial charge in [0.25, 0.3) is 6.47 Å². The van der Waals surface area contributed by atoms with Crippen molar-refractivity contribution in [1.29, 1.82) is 0 Å².